The summed E-state index contributed by atoms with van der Waals surface area (Å²) in [6.45, 7) is 1.56. The van der Waals surface area contributed by atoms with Crippen LogP contribution in [0.1, 0.15) is 12.5 Å². The zero-order valence-electron chi connectivity index (χ0n) is 9.87. The molecule has 0 bridgehead atoms. The van der Waals surface area contributed by atoms with Gasteiger partial charge in [0, 0.05) is 6.04 Å². The predicted molar refractivity (Wildman–Crippen MR) is 61.3 cm³/mol. The van der Waals surface area contributed by atoms with E-state index < -0.39 is 5.82 Å². The van der Waals surface area contributed by atoms with Gasteiger partial charge in [-0.25, -0.2) is 4.39 Å². The summed E-state index contributed by atoms with van der Waals surface area (Å²) in [5.74, 6) is -0.595. The lowest BCUT2D eigenvalue weighted by atomic mass is 10.1. The minimum atomic E-state index is -0.493. The molecule has 1 aromatic carbocycles. The molecule has 1 amide bonds. The third-order valence-electron chi connectivity index (χ3n) is 2.26. The van der Waals surface area contributed by atoms with Gasteiger partial charge < -0.3 is 15.2 Å². The Kier molecular flexibility index (Phi) is 4.90. The number of hydrogen-bond acceptors (Lipinski definition) is 3. The summed E-state index contributed by atoms with van der Waals surface area (Å²) in [5.41, 5.74) is 0.561. The van der Waals surface area contributed by atoms with Crippen LogP contribution in [0.5, 0.6) is 5.75 Å². The molecule has 0 saturated heterocycles. The van der Waals surface area contributed by atoms with E-state index in [1.54, 1.807) is 13.0 Å². The average Bonchev–Trinajstić information content (AvgIpc) is 2.29. The van der Waals surface area contributed by atoms with E-state index in [0.717, 1.165) is 0 Å². The number of benzene rings is 1. The number of halogens is 1. The molecular formula is C12H16FNO3. The summed E-state index contributed by atoms with van der Waals surface area (Å²) in [6.07, 6.45) is 0.0747. The summed E-state index contributed by atoms with van der Waals surface area (Å²) in [6, 6.07) is 4.08. The second-order valence-corrected chi connectivity index (χ2v) is 3.80. The molecule has 0 heterocycles. The molecule has 1 rings (SSSR count). The van der Waals surface area contributed by atoms with E-state index in [4.69, 9.17) is 9.84 Å². The number of ether oxygens (including phenoxy) is 1. The highest BCUT2D eigenvalue weighted by molar-refractivity contribution is 5.78. The normalized spacial score (nSPS) is 12.0. The molecule has 0 saturated carbocycles. The Morgan fingerprint density at radius 1 is 1.59 bits per heavy atom. The van der Waals surface area contributed by atoms with Crippen molar-refractivity contribution >= 4 is 5.91 Å². The van der Waals surface area contributed by atoms with Gasteiger partial charge in [0.2, 0.25) is 5.91 Å². The molecule has 0 aliphatic heterocycles. The fourth-order valence-corrected chi connectivity index (χ4v) is 1.38. The lowest BCUT2D eigenvalue weighted by Crippen LogP contribution is -2.35. The summed E-state index contributed by atoms with van der Waals surface area (Å²) < 4.78 is 18.1. The third kappa shape index (κ3) is 4.03. The van der Waals surface area contributed by atoms with Gasteiger partial charge in [0.1, 0.15) is 0 Å². The number of hydrogen-bond donors (Lipinski definition) is 2. The maximum absolute atomic E-state index is 13.3. The van der Waals surface area contributed by atoms with Crippen molar-refractivity contribution in [2.75, 3.05) is 13.7 Å². The topological polar surface area (TPSA) is 58.6 Å². The number of nitrogens with one attached hydrogen (secondary N) is 1. The SMILES string of the molecule is COc1ccc(CC(=O)N[C@@H](C)CO)cc1F. The van der Waals surface area contributed by atoms with Crippen molar-refractivity contribution in [2.24, 2.45) is 0 Å². The highest BCUT2D eigenvalue weighted by Gasteiger charge is 2.09. The van der Waals surface area contributed by atoms with Gasteiger partial charge in [-0.1, -0.05) is 6.07 Å². The van der Waals surface area contributed by atoms with Crippen molar-refractivity contribution < 1.29 is 19.0 Å². The third-order valence-corrected chi connectivity index (χ3v) is 2.26. The lowest BCUT2D eigenvalue weighted by molar-refractivity contribution is -0.121. The number of carbonyl (C=O) groups excluding carboxylic acids is 1. The summed E-state index contributed by atoms with van der Waals surface area (Å²) in [7, 11) is 1.38. The molecule has 5 heteroatoms. The fraction of sp³-hybridized carbons (Fsp3) is 0.417. The Labute approximate surface area is 99.4 Å². The van der Waals surface area contributed by atoms with Crippen molar-refractivity contribution in [1.29, 1.82) is 0 Å². The van der Waals surface area contributed by atoms with Crippen molar-refractivity contribution in [3.05, 3.63) is 29.6 Å². The van der Waals surface area contributed by atoms with Crippen molar-refractivity contribution in [2.45, 2.75) is 19.4 Å². The first-order chi connectivity index (χ1) is 8.06. The molecule has 0 radical (unpaired) electrons. The first-order valence-electron chi connectivity index (χ1n) is 5.29. The van der Waals surface area contributed by atoms with E-state index in [1.165, 1.54) is 19.2 Å². The van der Waals surface area contributed by atoms with Crippen LogP contribution in [-0.2, 0) is 11.2 Å². The van der Waals surface area contributed by atoms with E-state index in [0.29, 0.717) is 5.56 Å². The number of carbonyl (C=O) groups is 1. The van der Waals surface area contributed by atoms with Gasteiger partial charge in [0.05, 0.1) is 20.1 Å². The molecule has 2 N–H and O–H groups in total. The van der Waals surface area contributed by atoms with Gasteiger partial charge >= 0.3 is 0 Å². The molecule has 4 nitrogen and oxygen atoms in total. The molecule has 17 heavy (non-hydrogen) atoms. The van der Waals surface area contributed by atoms with E-state index in [2.05, 4.69) is 5.32 Å². The Hall–Kier alpha value is -1.62. The van der Waals surface area contributed by atoms with Crippen molar-refractivity contribution in [1.82, 2.24) is 5.32 Å². The number of methoxy groups -OCH3 is 1. The maximum Gasteiger partial charge on any atom is 0.224 e. The molecule has 0 spiro atoms. The second kappa shape index (κ2) is 6.20. The van der Waals surface area contributed by atoms with E-state index in [-0.39, 0.29) is 30.7 Å². The molecule has 1 atom stereocenters. The van der Waals surface area contributed by atoms with Gasteiger partial charge in [0.15, 0.2) is 11.6 Å². The summed E-state index contributed by atoms with van der Waals surface area (Å²) in [5, 5.41) is 11.4. The molecule has 94 valence electrons. The molecule has 0 aromatic heterocycles. The summed E-state index contributed by atoms with van der Waals surface area (Å²) in [4.78, 5) is 11.5. The van der Waals surface area contributed by atoms with Crippen LogP contribution in [-0.4, -0.2) is 30.8 Å². The predicted octanol–water partition coefficient (Wildman–Crippen LogP) is 0.874. The van der Waals surface area contributed by atoms with Gasteiger partial charge in [-0.2, -0.15) is 0 Å². The molecule has 0 aliphatic rings. The van der Waals surface area contributed by atoms with E-state index in [1.807, 2.05) is 0 Å². The van der Waals surface area contributed by atoms with Crippen LogP contribution < -0.4 is 10.1 Å². The number of amides is 1. The van der Waals surface area contributed by atoms with Crippen molar-refractivity contribution in [3.8, 4) is 5.75 Å². The first-order valence-corrected chi connectivity index (χ1v) is 5.29. The average molecular weight is 241 g/mol. The smallest absolute Gasteiger partial charge is 0.224 e. The minimum Gasteiger partial charge on any atom is -0.494 e. The Morgan fingerprint density at radius 3 is 2.82 bits per heavy atom. The van der Waals surface area contributed by atoms with Crippen molar-refractivity contribution in [3.63, 3.8) is 0 Å². The molecular weight excluding hydrogens is 225 g/mol. The zero-order valence-corrected chi connectivity index (χ0v) is 9.87. The van der Waals surface area contributed by atoms with Crippen LogP contribution in [0.3, 0.4) is 0 Å². The van der Waals surface area contributed by atoms with Crippen LogP contribution in [0.15, 0.2) is 18.2 Å². The number of aliphatic hydroxyl groups is 1. The minimum absolute atomic E-state index is 0.0747. The van der Waals surface area contributed by atoms with E-state index >= 15 is 0 Å². The molecule has 0 aliphatic carbocycles. The molecule has 1 aromatic rings. The van der Waals surface area contributed by atoms with Crippen LogP contribution in [0, 0.1) is 5.82 Å². The van der Waals surface area contributed by atoms with Crippen LogP contribution in [0.25, 0.3) is 0 Å². The number of rotatable bonds is 5. The number of aliphatic hydroxyl groups excluding tert-OH is 1. The lowest BCUT2D eigenvalue weighted by Gasteiger charge is -2.11. The molecule has 0 fully saturated rings. The highest BCUT2D eigenvalue weighted by Crippen LogP contribution is 2.17. The highest BCUT2D eigenvalue weighted by atomic mass is 19.1. The van der Waals surface area contributed by atoms with Gasteiger partial charge in [0.25, 0.3) is 0 Å². The Bertz CT molecular complexity index is 395. The zero-order chi connectivity index (χ0) is 12.8. The summed E-state index contributed by atoms with van der Waals surface area (Å²) >= 11 is 0. The van der Waals surface area contributed by atoms with Crippen LogP contribution >= 0.6 is 0 Å². The quantitative estimate of drug-likeness (QED) is 0.804. The Morgan fingerprint density at radius 2 is 2.29 bits per heavy atom. The monoisotopic (exact) mass is 241 g/mol. The first kappa shape index (κ1) is 13.4. The Balaban J connectivity index is 2.63. The van der Waals surface area contributed by atoms with Crippen LogP contribution in [0.4, 0.5) is 4.39 Å². The van der Waals surface area contributed by atoms with E-state index in [9.17, 15) is 9.18 Å². The molecule has 0 unspecified atom stereocenters. The largest absolute Gasteiger partial charge is 0.494 e. The standard InChI is InChI=1S/C12H16FNO3/c1-8(7-15)14-12(16)6-9-3-4-11(17-2)10(13)5-9/h3-5,8,15H,6-7H2,1-2H3,(H,14,16)/t8-/m0/s1. The van der Waals surface area contributed by atoms with Crippen LogP contribution in [0.2, 0.25) is 0 Å². The second-order valence-electron chi connectivity index (χ2n) is 3.80. The fourth-order valence-electron chi connectivity index (χ4n) is 1.38. The van der Waals surface area contributed by atoms with Gasteiger partial charge in [-0.3, -0.25) is 4.79 Å². The van der Waals surface area contributed by atoms with Gasteiger partial charge in [-0.15, -0.1) is 0 Å². The maximum atomic E-state index is 13.3. The van der Waals surface area contributed by atoms with Gasteiger partial charge in [-0.05, 0) is 24.6 Å².